The first-order chi connectivity index (χ1) is 15.5. The van der Waals surface area contributed by atoms with E-state index >= 15 is 0 Å². The number of fused-ring (bicyclic) bond motifs is 1. The molecule has 174 valence electrons. The molecular weight excluding hydrogens is 502 g/mol. The number of carbonyl (C=O) groups is 1. The molecule has 0 saturated carbocycles. The Bertz CT molecular complexity index is 1220. The van der Waals surface area contributed by atoms with Crippen molar-refractivity contribution < 1.29 is 27.5 Å². The zero-order chi connectivity index (χ0) is 24.6. The van der Waals surface area contributed by atoms with E-state index in [0.717, 1.165) is 12.1 Å². The Labute approximate surface area is 202 Å². The lowest BCUT2D eigenvalue weighted by atomic mass is 9.83. The average Bonchev–Trinajstić information content (AvgIpc) is 2.78. The second kappa shape index (κ2) is 9.52. The van der Waals surface area contributed by atoms with Gasteiger partial charge >= 0.3 is 12.1 Å². The van der Waals surface area contributed by atoms with Gasteiger partial charge in [0.2, 0.25) is 5.60 Å². The van der Waals surface area contributed by atoms with E-state index in [2.05, 4.69) is 11.4 Å². The molecule has 0 bridgehead atoms. The second-order valence-corrected chi connectivity index (χ2v) is 8.37. The number of benzene rings is 3. The van der Waals surface area contributed by atoms with Crippen LogP contribution in [0.2, 0.25) is 15.1 Å². The third kappa shape index (κ3) is 4.56. The number of rotatable bonds is 6. The van der Waals surface area contributed by atoms with Crippen molar-refractivity contribution in [1.82, 2.24) is 0 Å². The molecule has 3 aromatic rings. The van der Waals surface area contributed by atoms with Crippen LogP contribution in [0.25, 0.3) is 16.3 Å². The molecule has 0 aromatic heterocycles. The van der Waals surface area contributed by atoms with Crippen molar-refractivity contribution in [3.8, 4) is 0 Å². The molecule has 0 heterocycles. The van der Waals surface area contributed by atoms with Crippen molar-refractivity contribution in [2.24, 2.45) is 5.90 Å². The predicted molar refractivity (Wildman–Crippen MR) is 123 cm³/mol. The SMILES string of the molecule is C=C(CC(ON)(c1cc(Cl)c(Cl)c(Cl)c1)C(F)(F)F)c1ccc(C(=O)OC)c2ccccc12. The molecule has 0 aliphatic heterocycles. The summed E-state index contributed by atoms with van der Waals surface area (Å²) < 4.78 is 48.0. The molecule has 4 nitrogen and oxygen atoms in total. The Kier molecular flexibility index (Phi) is 7.31. The lowest BCUT2D eigenvalue weighted by molar-refractivity contribution is -0.285. The molecule has 33 heavy (non-hydrogen) atoms. The number of methoxy groups -OCH3 is 1. The first-order valence-electron chi connectivity index (χ1n) is 9.34. The molecule has 0 aliphatic carbocycles. The van der Waals surface area contributed by atoms with Gasteiger partial charge in [-0.2, -0.15) is 13.2 Å². The zero-order valence-corrected chi connectivity index (χ0v) is 19.4. The van der Waals surface area contributed by atoms with Crippen molar-refractivity contribution in [3.05, 3.63) is 86.9 Å². The van der Waals surface area contributed by atoms with Gasteiger partial charge in [0.25, 0.3) is 0 Å². The van der Waals surface area contributed by atoms with Crippen LogP contribution in [0.15, 0.2) is 55.1 Å². The number of nitrogens with two attached hydrogens (primary N) is 1. The number of esters is 1. The Morgan fingerprint density at radius 2 is 1.52 bits per heavy atom. The highest BCUT2D eigenvalue weighted by atomic mass is 35.5. The van der Waals surface area contributed by atoms with Gasteiger partial charge < -0.3 is 4.74 Å². The molecule has 0 spiro atoms. The van der Waals surface area contributed by atoms with Crippen LogP contribution in [0.5, 0.6) is 0 Å². The highest BCUT2D eigenvalue weighted by Gasteiger charge is 2.58. The summed E-state index contributed by atoms with van der Waals surface area (Å²) in [7, 11) is 1.24. The molecule has 3 aromatic carbocycles. The molecule has 0 fully saturated rings. The van der Waals surface area contributed by atoms with Gasteiger partial charge in [0, 0.05) is 6.42 Å². The van der Waals surface area contributed by atoms with Gasteiger partial charge in [0.05, 0.1) is 27.7 Å². The van der Waals surface area contributed by atoms with Crippen LogP contribution in [0.4, 0.5) is 13.2 Å². The monoisotopic (exact) mass is 517 g/mol. The summed E-state index contributed by atoms with van der Waals surface area (Å²) in [6.07, 6.45) is -5.77. The summed E-state index contributed by atoms with van der Waals surface area (Å²) in [5.41, 5.74) is -2.78. The number of alkyl halides is 3. The van der Waals surface area contributed by atoms with Crippen molar-refractivity contribution >= 4 is 57.1 Å². The summed E-state index contributed by atoms with van der Waals surface area (Å²) in [5.74, 6) is 4.66. The van der Waals surface area contributed by atoms with E-state index in [-0.39, 0.29) is 26.2 Å². The van der Waals surface area contributed by atoms with E-state index in [1.807, 2.05) is 0 Å². The van der Waals surface area contributed by atoms with Crippen LogP contribution in [0.1, 0.15) is 27.9 Å². The highest BCUT2D eigenvalue weighted by molar-refractivity contribution is 6.48. The predicted octanol–water partition coefficient (Wildman–Crippen LogP) is 7.34. The fourth-order valence-corrected chi connectivity index (χ4v) is 4.22. The first-order valence-corrected chi connectivity index (χ1v) is 10.5. The number of hydrogen-bond acceptors (Lipinski definition) is 4. The van der Waals surface area contributed by atoms with Crippen LogP contribution in [-0.4, -0.2) is 19.3 Å². The van der Waals surface area contributed by atoms with Crippen LogP contribution in [-0.2, 0) is 15.2 Å². The maximum absolute atomic E-state index is 14.4. The summed E-state index contributed by atoms with van der Waals surface area (Å²) >= 11 is 17.9. The Morgan fingerprint density at radius 1 is 1.00 bits per heavy atom. The fourth-order valence-electron chi connectivity index (χ4n) is 3.62. The molecule has 1 unspecified atom stereocenters. The van der Waals surface area contributed by atoms with Gasteiger partial charge in [-0.15, -0.1) is 0 Å². The van der Waals surface area contributed by atoms with Gasteiger partial charge in [-0.3, -0.25) is 4.84 Å². The molecule has 3 rings (SSSR count). The minimum Gasteiger partial charge on any atom is -0.465 e. The topological polar surface area (TPSA) is 61.5 Å². The van der Waals surface area contributed by atoms with Crippen molar-refractivity contribution in [2.75, 3.05) is 7.11 Å². The van der Waals surface area contributed by atoms with E-state index in [1.165, 1.54) is 19.2 Å². The fraction of sp³-hybridized carbons (Fsp3) is 0.174. The zero-order valence-electron chi connectivity index (χ0n) is 17.1. The molecule has 0 aliphatic rings. The summed E-state index contributed by atoms with van der Waals surface area (Å²) in [6, 6.07) is 11.7. The minimum absolute atomic E-state index is 0.0487. The lowest BCUT2D eigenvalue weighted by Crippen LogP contribution is -2.47. The van der Waals surface area contributed by atoms with Crippen LogP contribution < -0.4 is 5.90 Å². The number of hydrogen-bond donors (Lipinski definition) is 1. The van der Waals surface area contributed by atoms with E-state index in [4.69, 9.17) is 45.4 Å². The largest absolute Gasteiger partial charge is 0.465 e. The third-order valence-electron chi connectivity index (χ3n) is 5.28. The Morgan fingerprint density at radius 3 is 2.00 bits per heavy atom. The van der Waals surface area contributed by atoms with Gasteiger partial charge in [0.1, 0.15) is 0 Å². The summed E-state index contributed by atoms with van der Waals surface area (Å²) in [4.78, 5) is 16.7. The van der Waals surface area contributed by atoms with Gasteiger partial charge in [0.15, 0.2) is 0 Å². The van der Waals surface area contributed by atoms with Gasteiger partial charge in [-0.25, -0.2) is 10.7 Å². The Balaban J connectivity index is 2.17. The Hall–Kier alpha value is -2.29. The average molecular weight is 519 g/mol. The molecule has 0 amide bonds. The molecule has 1 atom stereocenters. The van der Waals surface area contributed by atoms with E-state index in [1.54, 1.807) is 24.3 Å². The molecule has 2 N–H and O–H groups in total. The number of halogens is 6. The number of carbonyl (C=O) groups excluding carboxylic acids is 1. The highest BCUT2D eigenvalue weighted by Crippen LogP contribution is 2.49. The minimum atomic E-state index is -4.98. The van der Waals surface area contributed by atoms with E-state index in [0.29, 0.717) is 16.3 Å². The van der Waals surface area contributed by atoms with Crippen LogP contribution in [0, 0.1) is 0 Å². The lowest BCUT2D eigenvalue weighted by Gasteiger charge is -2.35. The summed E-state index contributed by atoms with van der Waals surface area (Å²) in [5, 5.41) is 0.516. The molecular formula is C23H17Cl3F3NO3. The van der Waals surface area contributed by atoms with Crippen molar-refractivity contribution in [3.63, 3.8) is 0 Å². The van der Waals surface area contributed by atoms with Gasteiger partial charge in [-0.05, 0) is 45.7 Å². The third-order valence-corrected chi connectivity index (χ3v) is 6.48. The molecule has 0 radical (unpaired) electrons. The van der Waals surface area contributed by atoms with E-state index in [9.17, 15) is 18.0 Å². The molecule has 10 heteroatoms. The normalized spacial score (nSPS) is 13.6. The number of ether oxygens (including phenoxy) is 1. The van der Waals surface area contributed by atoms with Crippen molar-refractivity contribution in [1.29, 1.82) is 0 Å². The second-order valence-electron chi connectivity index (χ2n) is 7.17. The van der Waals surface area contributed by atoms with Crippen LogP contribution >= 0.6 is 34.8 Å². The maximum atomic E-state index is 14.4. The standard InChI is InChI=1S/C23H17Cl3F3NO3/c1-12(14-7-8-17(21(31)32-2)16-6-4-3-5-15(14)16)11-22(33-30,23(27,28)29)13-9-18(24)20(26)19(25)10-13/h3-10H,1,11,30H2,2H3. The van der Waals surface area contributed by atoms with Crippen LogP contribution in [0.3, 0.4) is 0 Å². The smallest absolute Gasteiger partial charge is 0.424 e. The summed E-state index contributed by atoms with van der Waals surface area (Å²) in [6.45, 7) is 3.86. The maximum Gasteiger partial charge on any atom is 0.424 e. The molecule has 0 saturated heterocycles. The van der Waals surface area contributed by atoms with Crippen molar-refractivity contribution in [2.45, 2.75) is 18.2 Å². The van der Waals surface area contributed by atoms with E-state index < -0.39 is 29.7 Å². The van der Waals surface area contributed by atoms with Gasteiger partial charge in [-0.1, -0.05) is 71.7 Å². The quantitative estimate of drug-likeness (QED) is 0.211. The first kappa shape index (κ1) is 25.3.